The Kier molecular flexibility index (Phi) is 3.14. The first kappa shape index (κ1) is 12.1. The van der Waals surface area contributed by atoms with Crippen molar-refractivity contribution < 1.29 is 0 Å². The maximum absolute atomic E-state index is 8.83. The molecule has 0 radical (unpaired) electrons. The largest absolute Gasteiger partial charge is 0.379 e. The van der Waals surface area contributed by atoms with Crippen molar-refractivity contribution >= 4 is 17.3 Å². The predicted molar refractivity (Wildman–Crippen MR) is 74.0 cm³/mol. The van der Waals surface area contributed by atoms with Crippen LogP contribution in [0, 0.1) is 11.3 Å². The number of imidazole rings is 1. The Balaban J connectivity index is 1.70. The van der Waals surface area contributed by atoms with Crippen molar-refractivity contribution in [1.82, 2.24) is 9.55 Å². The monoisotopic (exact) mass is 272 g/mol. The van der Waals surface area contributed by atoms with E-state index < -0.39 is 0 Å². The molecule has 0 unspecified atom stereocenters. The van der Waals surface area contributed by atoms with Crippen molar-refractivity contribution in [2.45, 2.75) is 25.4 Å². The number of hydrogen-bond acceptors (Lipinski definition) is 3. The second-order valence-corrected chi connectivity index (χ2v) is 5.09. The molecule has 5 heteroatoms. The number of anilines is 1. The van der Waals surface area contributed by atoms with E-state index in [-0.39, 0.29) is 0 Å². The average molecular weight is 273 g/mol. The highest BCUT2D eigenvalue weighted by atomic mass is 35.5. The molecule has 1 fully saturated rings. The molecule has 1 aliphatic rings. The molecule has 96 valence electrons. The lowest BCUT2D eigenvalue weighted by Gasteiger charge is -2.09. The van der Waals surface area contributed by atoms with Crippen LogP contribution in [0.25, 0.3) is 0 Å². The van der Waals surface area contributed by atoms with Crippen molar-refractivity contribution in [2.24, 2.45) is 0 Å². The van der Waals surface area contributed by atoms with Gasteiger partial charge in [0.1, 0.15) is 6.07 Å². The van der Waals surface area contributed by atoms with Gasteiger partial charge in [-0.3, -0.25) is 0 Å². The molecule has 0 bridgehead atoms. The number of aromatic nitrogens is 2. The summed E-state index contributed by atoms with van der Waals surface area (Å²) in [5.74, 6) is 0. The first-order chi connectivity index (χ1) is 9.28. The standard InChI is InChI=1S/C14H13ClN4/c15-14-5-11(2-1-10(14)6-16)18-8-13-7-17-9-19(13)12-3-4-12/h1-2,5,7,9,12,18H,3-4,8H2. The van der Waals surface area contributed by atoms with Crippen LogP contribution in [-0.2, 0) is 6.54 Å². The topological polar surface area (TPSA) is 53.6 Å². The molecule has 4 nitrogen and oxygen atoms in total. The lowest BCUT2D eigenvalue weighted by Crippen LogP contribution is -2.05. The summed E-state index contributed by atoms with van der Waals surface area (Å²) < 4.78 is 2.22. The highest BCUT2D eigenvalue weighted by molar-refractivity contribution is 6.32. The van der Waals surface area contributed by atoms with E-state index in [1.165, 1.54) is 18.5 Å². The predicted octanol–water partition coefficient (Wildman–Crippen LogP) is 3.36. The van der Waals surface area contributed by atoms with Crippen LogP contribution >= 0.6 is 11.6 Å². The van der Waals surface area contributed by atoms with Gasteiger partial charge in [0.05, 0.1) is 29.2 Å². The van der Waals surface area contributed by atoms with Crippen molar-refractivity contribution in [3.05, 3.63) is 47.0 Å². The van der Waals surface area contributed by atoms with Crippen molar-refractivity contribution in [3.8, 4) is 6.07 Å². The van der Waals surface area contributed by atoms with Gasteiger partial charge < -0.3 is 9.88 Å². The molecule has 19 heavy (non-hydrogen) atoms. The van der Waals surface area contributed by atoms with Gasteiger partial charge in [-0.05, 0) is 31.0 Å². The molecule has 0 aliphatic heterocycles. The number of nitrogens with one attached hydrogen (secondary N) is 1. The van der Waals surface area contributed by atoms with Crippen molar-refractivity contribution in [3.63, 3.8) is 0 Å². The van der Waals surface area contributed by atoms with E-state index in [1.54, 1.807) is 12.1 Å². The normalized spacial score (nSPS) is 14.1. The lowest BCUT2D eigenvalue weighted by molar-refractivity contribution is 0.701. The maximum Gasteiger partial charge on any atom is 0.101 e. The fourth-order valence-corrected chi connectivity index (χ4v) is 2.28. The number of benzene rings is 1. The summed E-state index contributed by atoms with van der Waals surface area (Å²) in [6, 6.07) is 8.04. The third kappa shape index (κ3) is 2.56. The van der Waals surface area contributed by atoms with Gasteiger partial charge in [-0.2, -0.15) is 5.26 Å². The van der Waals surface area contributed by atoms with Crippen LogP contribution in [0.4, 0.5) is 5.69 Å². The van der Waals surface area contributed by atoms with Crippen LogP contribution in [0.5, 0.6) is 0 Å². The van der Waals surface area contributed by atoms with E-state index in [9.17, 15) is 0 Å². The molecule has 1 saturated carbocycles. The average Bonchev–Trinajstić information content (AvgIpc) is 3.15. The van der Waals surface area contributed by atoms with Gasteiger partial charge in [0.2, 0.25) is 0 Å². The second kappa shape index (κ2) is 4.94. The molecule has 0 spiro atoms. The molecular weight excluding hydrogens is 260 g/mol. The molecule has 1 aromatic heterocycles. The van der Waals surface area contributed by atoms with Crippen LogP contribution in [0.1, 0.15) is 30.1 Å². The molecule has 0 saturated heterocycles. The third-order valence-electron chi connectivity index (χ3n) is 3.25. The Labute approximate surface area is 116 Å². The molecule has 0 atom stereocenters. The van der Waals surface area contributed by atoms with Gasteiger partial charge >= 0.3 is 0 Å². The van der Waals surface area contributed by atoms with Crippen LogP contribution in [0.2, 0.25) is 5.02 Å². The first-order valence-corrected chi connectivity index (χ1v) is 6.60. The lowest BCUT2D eigenvalue weighted by atomic mass is 10.2. The van der Waals surface area contributed by atoms with E-state index in [2.05, 4.69) is 20.9 Å². The van der Waals surface area contributed by atoms with E-state index in [4.69, 9.17) is 16.9 Å². The number of halogens is 1. The molecular formula is C14H13ClN4. The minimum atomic E-state index is 0.475. The van der Waals surface area contributed by atoms with Gasteiger partial charge in [0, 0.05) is 17.9 Å². The molecule has 1 aromatic carbocycles. The molecule has 2 aromatic rings. The van der Waals surface area contributed by atoms with Gasteiger partial charge in [-0.15, -0.1) is 0 Å². The Bertz CT molecular complexity index is 637. The smallest absolute Gasteiger partial charge is 0.101 e. The molecule has 1 N–H and O–H groups in total. The highest BCUT2D eigenvalue weighted by Crippen LogP contribution is 2.35. The zero-order valence-corrected chi connectivity index (χ0v) is 11.1. The summed E-state index contributed by atoms with van der Waals surface area (Å²) in [7, 11) is 0. The minimum absolute atomic E-state index is 0.475. The first-order valence-electron chi connectivity index (χ1n) is 6.22. The summed E-state index contributed by atoms with van der Waals surface area (Å²) in [6.45, 7) is 0.707. The second-order valence-electron chi connectivity index (χ2n) is 4.68. The zero-order chi connectivity index (χ0) is 13.2. The summed E-state index contributed by atoms with van der Waals surface area (Å²) in [4.78, 5) is 4.19. The van der Waals surface area contributed by atoms with E-state index >= 15 is 0 Å². The SMILES string of the molecule is N#Cc1ccc(NCc2cncn2C2CC2)cc1Cl. The van der Waals surface area contributed by atoms with E-state index in [0.29, 0.717) is 23.2 Å². The van der Waals surface area contributed by atoms with Crippen LogP contribution in [-0.4, -0.2) is 9.55 Å². The number of nitrogens with zero attached hydrogens (tertiary/aromatic N) is 3. The summed E-state index contributed by atoms with van der Waals surface area (Å²) in [6.07, 6.45) is 6.26. The highest BCUT2D eigenvalue weighted by Gasteiger charge is 2.24. The molecule has 1 heterocycles. The number of nitriles is 1. The van der Waals surface area contributed by atoms with Crippen molar-refractivity contribution in [1.29, 1.82) is 5.26 Å². The molecule has 0 amide bonds. The maximum atomic E-state index is 8.83. The Hall–Kier alpha value is -1.99. The van der Waals surface area contributed by atoms with Gasteiger partial charge in [0.15, 0.2) is 0 Å². The third-order valence-corrected chi connectivity index (χ3v) is 3.56. The Morgan fingerprint density at radius 1 is 1.47 bits per heavy atom. The van der Waals surface area contributed by atoms with Gasteiger partial charge in [-0.25, -0.2) is 4.98 Å². The van der Waals surface area contributed by atoms with Crippen LogP contribution < -0.4 is 5.32 Å². The zero-order valence-electron chi connectivity index (χ0n) is 10.3. The van der Waals surface area contributed by atoms with Gasteiger partial charge in [0.25, 0.3) is 0 Å². The van der Waals surface area contributed by atoms with Crippen LogP contribution in [0.15, 0.2) is 30.7 Å². The molecule has 1 aliphatic carbocycles. The van der Waals surface area contributed by atoms with E-state index in [0.717, 1.165) is 5.69 Å². The summed E-state index contributed by atoms with van der Waals surface area (Å²) in [5.41, 5.74) is 2.57. The Morgan fingerprint density at radius 2 is 2.32 bits per heavy atom. The Morgan fingerprint density at radius 3 is 3.00 bits per heavy atom. The fraction of sp³-hybridized carbons (Fsp3) is 0.286. The minimum Gasteiger partial charge on any atom is -0.379 e. The number of rotatable bonds is 4. The van der Waals surface area contributed by atoms with Gasteiger partial charge in [-0.1, -0.05) is 11.6 Å². The fourth-order valence-electron chi connectivity index (χ4n) is 2.06. The van der Waals surface area contributed by atoms with Crippen LogP contribution in [0.3, 0.4) is 0 Å². The quantitative estimate of drug-likeness (QED) is 0.928. The van der Waals surface area contributed by atoms with Crippen molar-refractivity contribution in [2.75, 3.05) is 5.32 Å². The number of hydrogen-bond donors (Lipinski definition) is 1. The molecule has 3 rings (SSSR count). The van der Waals surface area contributed by atoms with E-state index in [1.807, 2.05) is 18.6 Å². The summed E-state index contributed by atoms with van der Waals surface area (Å²) >= 11 is 6.00. The summed E-state index contributed by atoms with van der Waals surface area (Å²) in [5, 5.41) is 12.6.